The summed E-state index contributed by atoms with van der Waals surface area (Å²) in [5, 5.41) is 11.6. The molecule has 3 saturated carbocycles. The van der Waals surface area contributed by atoms with Gasteiger partial charge in [0.05, 0.1) is 6.10 Å². The number of carbonyl (C=O) groups is 2. The first-order valence-corrected chi connectivity index (χ1v) is 13.2. The molecule has 35 heavy (non-hydrogen) atoms. The summed E-state index contributed by atoms with van der Waals surface area (Å²) < 4.78 is 35.7. The van der Waals surface area contributed by atoms with E-state index in [1.54, 1.807) is 12.2 Å². The largest absolute Gasteiger partial charge is 0.390 e. The van der Waals surface area contributed by atoms with Crippen LogP contribution in [-0.2, 0) is 23.8 Å². The van der Waals surface area contributed by atoms with Crippen molar-refractivity contribution >= 4 is 11.6 Å². The topological polar surface area (TPSA) is 82.1 Å². The van der Waals surface area contributed by atoms with Gasteiger partial charge in [-0.1, -0.05) is 38.8 Å². The molecule has 1 heterocycles. The maximum absolute atomic E-state index is 17.4. The van der Waals surface area contributed by atoms with Crippen molar-refractivity contribution in [2.45, 2.75) is 96.0 Å². The van der Waals surface area contributed by atoms with Gasteiger partial charge in [0.25, 0.3) is 5.97 Å². The van der Waals surface area contributed by atoms with Crippen molar-refractivity contribution in [3.63, 3.8) is 0 Å². The number of Topliss-reactive ketones (excluding diaryl/α,β-unsaturated/α-hetero) is 1. The van der Waals surface area contributed by atoms with Crippen LogP contribution in [0.2, 0.25) is 0 Å². The molecule has 0 aromatic heterocycles. The SMILES string of the molecule is CCCCC1(OC)OCC(=O)[C@@]2(O1)[C@@H](C)C[C@H]1[C@@H]3CCC4=CC(=O)C=C[C@]4(C)[C@@]3(F)[C@@H](O)C[C@@]12C. The highest BCUT2D eigenvalue weighted by Gasteiger charge is 2.78. The predicted molar refractivity (Wildman–Crippen MR) is 127 cm³/mol. The zero-order valence-corrected chi connectivity index (χ0v) is 21.6. The number of unbranched alkanes of at least 4 members (excludes halogenated alkanes) is 1. The Kier molecular flexibility index (Phi) is 5.80. The average Bonchev–Trinajstić information content (AvgIpc) is 3.03. The fourth-order valence-corrected chi connectivity index (χ4v) is 8.68. The lowest BCUT2D eigenvalue weighted by molar-refractivity contribution is -0.431. The molecule has 5 rings (SSSR count). The quantitative estimate of drug-likeness (QED) is 0.627. The van der Waals surface area contributed by atoms with Gasteiger partial charge in [0.2, 0.25) is 0 Å². The van der Waals surface area contributed by atoms with Crippen molar-refractivity contribution < 1.29 is 33.3 Å². The number of alkyl halides is 1. The molecule has 6 nitrogen and oxygen atoms in total. The van der Waals surface area contributed by atoms with E-state index in [1.807, 2.05) is 20.8 Å². The van der Waals surface area contributed by atoms with Crippen molar-refractivity contribution in [1.82, 2.24) is 0 Å². The molecular formula is C28H39FO6. The highest BCUT2D eigenvalue weighted by Crippen LogP contribution is 2.72. The second-order valence-electron chi connectivity index (χ2n) is 11.9. The summed E-state index contributed by atoms with van der Waals surface area (Å²) in [4.78, 5) is 25.8. The molecule has 0 aromatic rings. The van der Waals surface area contributed by atoms with Gasteiger partial charge >= 0.3 is 0 Å². The third-order valence-corrected chi connectivity index (χ3v) is 10.5. The van der Waals surface area contributed by atoms with E-state index in [-0.39, 0.29) is 36.4 Å². The number of rotatable bonds is 4. The third-order valence-electron chi connectivity index (χ3n) is 10.5. The van der Waals surface area contributed by atoms with Crippen LogP contribution in [0, 0.1) is 28.6 Å². The van der Waals surface area contributed by atoms with Crippen LogP contribution in [0.3, 0.4) is 0 Å². The van der Waals surface area contributed by atoms with Gasteiger partial charge < -0.3 is 19.3 Å². The first-order valence-electron chi connectivity index (χ1n) is 13.2. The van der Waals surface area contributed by atoms with E-state index in [4.69, 9.17) is 14.2 Å². The zero-order chi connectivity index (χ0) is 25.4. The van der Waals surface area contributed by atoms with Crippen LogP contribution >= 0.6 is 0 Å². The maximum Gasteiger partial charge on any atom is 0.284 e. The molecule has 0 bridgehead atoms. The second kappa shape index (κ2) is 8.04. The van der Waals surface area contributed by atoms with Crippen LogP contribution in [0.1, 0.15) is 72.6 Å². The number of fused-ring (bicyclic) bond motifs is 6. The van der Waals surface area contributed by atoms with Crippen LogP contribution in [0.15, 0.2) is 23.8 Å². The summed E-state index contributed by atoms with van der Waals surface area (Å²) in [5.41, 5.74) is -4.24. The molecule has 1 unspecified atom stereocenters. The van der Waals surface area contributed by atoms with E-state index in [2.05, 4.69) is 6.92 Å². The van der Waals surface area contributed by atoms with Crippen LogP contribution in [0.4, 0.5) is 4.39 Å². The first kappa shape index (κ1) is 25.2. The Morgan fingerprint density at radius 2 is 2.00 bits per heavy atom. The Labute approximate surface area is 207 Å². The van der Waals surface area contributed by atoms with E-state index in [9.17, 15) is 14.7 Å². The van der Waals surface area contributed by atoms with E-state index >= 15 is 4.39 Å². The molecule has 0 aromatic carbocycles. The summed E-state index contributed by atoms with van der Waals surface area (Å²) in [6, 6.07) is 0. The van der Waals surface area contributed by atoms with Gasteiger partial charge in [-0.3, -0.25) is 9.59 Å². The van der Waals surface area contributed by atoms with Gasteiger partial charge in [0.1, 0.15) is 12.2 Å². The maximum atomic E-state index is 17.4. The van der Waals surface area contributed by atoms with Gasteiger partial charge in [-0.15, -0.1) is 0 Å². The molecule has 1 saturated heterocycles. The van der Waals surface area contributed by atoms with Gasteiger partial charge in [-0.25, -0.2) is 4.39 Å². The summed E-state index contributed by atoms with van der Waals surface area (Å²) in [6.45, 7) is 7.77. The lowest BCUT2D eigenvalue weighted by Crippen LogP contribution is -2.72. The molecule has 1 aliphatic heterocycles. The fourth-order valence-electron chi connectivity index (χ4n) is 8.68. The first-order chi connectivity index (χ1) is 16.4. The molecule has 5 aliphatic rings. The molecular weight excluding hydrogens is 451 g/mol. The predicted octanol–water partition coefficient (Wildman–Crippen LogP) is 4.45. The Balaban J connectivity index is 1.59. The molecule has 4 aliphatic carbocycles. The van der Waals surface area contributed by atoms with Gasteiger partial charge in [-0.05, 0) is 63.0 Å². The number of ketones is 2. The van der Waals surface area contributed by atoms with E-state index < -0.39 is 40.1 Å². The van der Waals surface area contributed by atoms with Crippen molar-refractivity contribution in [3.05, 3.63) is 23.8 Å². The highest BCUT2D eigenvalue weighted by molar-refractivity contribution is 6.01. The lowest BCUT2D eigenvalue weighted by atomic mass is 9.44. The van der Waals surface area contributed by atoms with Crippen LogP contribution in [-0.4, -0.2) is 53.7 Å². The van der Waals surface area contributed by atoms with Gasteiger partial charge in [0, 0.05) is 30.3 Å². The lowest BCUT2D eigenvalue weighted by Gasteiger charge is -2.63. The van der Waals surface area contributed by atoms with Crippen molar-refractivity contribution in [1.29, 1.82) is 0 Å². The van der Waals surface area contributed by atoms with Crippen molar-refractivity contribution in [2.75, 3.05) is 13.7 Å². The molecule has 1 spiro atoms. The number of allylic oxidation sites excluding steroid dienone is 4. The van der Waals surface area contributed by atoms with E-state index in [0.29, 0.717) is 25.7 Å². The van der Waals surface area contributed by atoms with E-state index in [1.165, 1.54) is 13.2 Å². The fraction of sp³-hybridized carbons (Fsp3) is 0.786. The minimum atomic E-state index is -1.93. The number of hydrogen-bond acceptors (Lipinski definition) is 6. The molecule has 0 radical (unpaired) electrons. The number of methoxy groups -OCH3 is 1. The van der Waals surface area contributed by atoms with Crippen LogP contribution < -0.4 is 0 Å². The molecule has 0 amide bonds. The summed E-state index contributed by atoms with van der Waals surface area (Å²) in [7, 11) is 1.54. The molecule has 194 valence electrons. The van der Waals surface area contributed by atoms with Crippen LogP contribution in [0.5, 0.6) is 0 Å². The van der Waals surface area contributed by atoms with Crippen molar-refractivity contribution in [3.8, 4) is 0 Å². The smallest absolute Gasteiger partial charge is 0.284 e. The Bertz CT molecular complexity index is 992. The summed E-state index contributed by atoms with van der Waals surface area (Å²) in [5.74, 6) is -2.43. The number of ether oxygens (including phenoxy) is 3. The third kappa shape index (κ3) is 3.01. The second-order valence-corrected chi connectivity index (χ2v) is 11.9. The normalized spacial score (nSPS) is 51.1. The molecule has 7 heteroatoms. The summed E-state index contributed by atoms with van der Waals surface area (Å²) >= 11 is 0. The molecule has 9 atom stereocenters. The summed E-state index contributed by atoms with van der Waals surface area (Å²) in [6.07, 6.45) is 7.38. The number of halogens is 1. The minimum Gasteiger partial charge on any atom is -0.390 e. The Hall–Kier alpha value is -1.41. The van der Waals surface area contributed by atoms with E-state index in [0.717, 1.165) is 18.4 Å². The number of hydrogen-bond donors (Lipinski definition) is 1. The van der Waals surface area contributed by atoms with Crippen LogP contribution in [0.25, 0.3) is 0 Å². The minimum absolute atomic E-state index is 0.0962. The zero-order valence-electron chi connectivity index (χ0n) is 21.6. The Morgan fingerprint density at radius 1 is 1.26 bits per heavy atom. The van der Waals surface area contributed by atoms with Crippen molar-refractivity contribution in [2.24, 2.45) is 28.6 Å². The monoisotopic (exact) mass is 490 g/mol. The van der Waals surface area contributed by atoms with Gasteiger partial charge in [0.15, 0.2) is 17.2 Å². The highest BCUT2D eigenvalue weighted by atomic mass is 19.1. The average molecular weight is 491 g/mol. The molecule has 4 fully saturated rings. The molecule has 1 N–H and O–H groups in total. The Morgan fingerprint density at radius 3 is 2.69 bits per heavy atom. The number of carbonyl (C=O) groups excluding carboxylic acids is 2. The van der Waals surface area contributed by atoms with Gasteiger partial charge in [-0.2, -0.15) is 0 Å². The number of aliphatic hydroxyl groups excluding tert-OH is 1. The standard InChI is InChI=1S/C28H39FO6/c1-6-7-11-26(33-5)34-16-23(32)28(35-26)17(2)13-21-20-9-8-18-14-19(30)10-12-24(18,3)27(20,29)22(31)15-25(21,28)4/h10,12,14,17,20-22,31H,6-9,11,13,15-16H2,1-5H3/t17-,20-,21-,22-,24-,25-,26?,27-,28-/m0/s1. The number of aliphatic hydroxyl groups is 1.